The monoisotopic (exact) mass is 239 g/mol. The molecule has 1 saturated heterocycles. The van der Waals surface area contributed by atoms with Crippen molar-refractivity contribution in [2.75, 3.05) is 13.1 Å². The van der Waals surface area contributed by atoms with Crippen LogP contribution in [0.4, 0.5) is 0 Å². The summed E-state index contributed by atoms with van der Waals surface area (Å²) in [7, 11) is 0. The Kier molecular flexibility index (Phi) is 3.99. The van der Waals surface area contributed by atoms with Gasteiger partial charge in [0.1, 0.15) is 0 Å². The smallest absolute Gasteiger partial charge is 0.240 e. The molecule has 0 aromatic rings. The summed E-state index contributed by atoms with van der Waals surface area (Å²) >= 11 is 0. The summed E-state index contributed by atoms with van der Waals surface area (Å²) in [6.07, 6.45) is 6.21. The van der Waals surface area contributed by atoms with E-state index in [0.29, 0.717) is 0 Å². The van der Waals surface area contributed by atoms with Gasteiger partial charge in [0.2, 0.25) is 11.8 Å². The van der Waals surface area contributed by atoms with E-state index in [2.05, 4.69) is 5.32 Å². The summed E-state index contributed by atoms with van der Waals surface area (Å²) in [6, 6.07) is 0.118. The van der Waals surface area contributed by atoms with Crippen molar-refractivity contribution in [1.29, 1.82) is 0 Å². The van der Waals surface area contributed by atoms with Gasteiger partial charge in [-0.15, -0.1) is 0 Å². The average molecular weight is 239 g/mol. The Morgan fingerprint density at radius 2 is 1.88 bits per heavy atom. The van der Waals surface area contributed by atoms with Gasteiger partial charge in [-0.3, -0.25) is 9.59 Å². The number of carbonyl (C=O) groups is 2. The number of hydrogen-bond acceptors (Lipinski definition) is 3. The molecule has 0 bridgehead atoms. The van der Waals surface area contributed by atoms with Gasteiger partial charge in [0.25, 0.3) is 0 Å². The van der Waals surface area contributed by atoms with E-state index in [1.165, 1.54) is 0 Å². The van der Waals surface area contributed by atoms with Gasteiger partial charge >= 0.3 is 0 Å². The van der Waals surface area contributed by atoms with Gasteiger partial charge in [0, 0.05) is 6.04 Å². The van der Waals surface area contributed by atoms with E-state index < -0.39 is 5.91 Å². The van der Waals surface area contributed by atoms with E-state index in [4.69, 9.17) is 5.73 Å². The van der Waals surface area contributed by atoms with Crippen LogP contribution < -0.4 is 11.1 Å². The molecule has 2 aliphatic rings. The van der Waals surface area contributed by atoms with Gasteiger partial charge in [0.15, 0.2) is 0 Å². The van der Waals surface area contributed by atoms with E-state index in [9.17, 15) is 9.59 Å². The minimum atomic E-state index is -0.414. The van der Waals surface area contributed by atoms with Crippen LogP contribution >= 0.6 is 0 Å². The molecule has 0 unspecified atom stereocenters. The van der Waals surface area contributed by atoms with Crippen molar-refractivity contribution in [2.45, 2.75) is 50.6 Å². The molecule has 5 nitrogen and oxygen atoms in total. The number of amides is 2. The molecule has 17 heavy (non-hydrogen) atoms. The summed E-state index contributed by atoms with van der Waals surface area (Å²) < 4.78 is 0. The van der Waals surface area contributed by atoms with Crippen LogP contribution in [0, 0.1) is 0 Å². The number of hydrogen-bond donors (Lipinski definition) is 2. The number of rotatable bonds is 4. The maximum Gasteiger partial charge on any atom is 0.240 e. The van der Waals surface area contributed by atoms with Crippen LogP contribution in [0.15, 0.2) is 0 Å². The van der Waals surface area contributed by atoms with Crippen molar-refractivity contribution < 1.29 is 9.59 Å². The van der Waals surface area contributed by atoms with E-state index in [1.54, 1.807) is 4.90 Å². The molecule has 1 aliphatic heterocycles. The summed E-state index contributed by atoms with van der Waals surface area (Å²) in [5, 5.41) is 3.19. The lowest BCUT2D eigenvalue weighted by atomic mass is 10.1. The summed E-state index contributed by atoms with van der Waals surface area (Å²) in [5.74, 6) is -0.351. The fourth-order valence-electron chi connectivity index (χ4n) is 2.87. The predicted molar refractivity (Wildman–Crippen MR) is 64.2 cm³/mol. The first-order chi connectivity index (χ1) is 8.18. The predicted octanol–water partition coefficient (Wildman–Crippen LogP) is -0.00510. The molecule has 2 amide bonds. The van der Waals surface area contributed by atoms with Crippen LogP contribution in [-0.4, -0.2) is 41.9 Å². The zero-order valence-electron chi connectivity index (χ0n) is 10.2. The lowest BCUT2D eigenvalue weighted by Gasteiger charge is -2.30. The first kappa shape index (κ1) is 12.4. The molecule has 1 aliphatic carbocycles. The second kappa shape index (κ2) is 5.49. The number of nitrogens with two attached hydrogens (primary N) is 1. The van der Waals surface area contributed by atoms with Crippen molar-refractivity contribution in [1.82, 2.24) is 10.2 Å². The largest absolute Gasteiger partial charge is 0.368 e. The fraction of sp³-hybridized carbons (Fsp3) is 0.833. The van der Waals surface area contributed by atoms with Crippen molar-refractivity contribution in [3.63, 3.8) is 0 Å². The van der Waals surface area contributed by atoms with Crippen molar-refractivity contribution >= 4 is 11.8 Å². The first-order valence-electron chi connectivity index (χ1n) is 6.50. The molecule has 1 saturated carbocycles. The summed E-state index contributed by atoms with van der Waals surface area (Å²) in [4.78, 5) is 25.1. The first-order valence-corrected chi connectivity index (χ1v) is 6.50. The SMILES string of the molecule is NC(=O)CN(C(=O)[C@H]1CCCN1)C1CCCC1. The third kappa shape index (κ3) is 2.97. The Morgan fingerprint density at radius 3 is 2.41 bits per heavy atom. The molecular weight excluding hydrogens is 218 g/mol. The van der Waals surface area contributed by atoms with Crippen molar-refractivity contribution in [3.05, 3.63) is 0 Å². The Labute approximate surface area is 102 Å². The topological polar surface area (TPSA) is 75.4 Å². The van der Waals surface area contributed by atoms with Crippen LogP contribution in [0.5, 0.6) is 0 Å². The van der Waals surface area contributed by atoms with Gasteiger partial charge in [-0.1, -0.05) is 12.8 Å². The minimum Gasteiger partial charge on any atom is -0.368 e. The van der Waals surface area contributed by atoms with E-state index >= 15 is 0 Å². The number of nitrogens with one attached hydrogen (secondary N) is 1. The molecular formula is C12H21N3O2. The van der Waals surface area contributed by atoms with Crippen LogP contribution in [0.2, 0.25) is 0 Å². The maximum atomic E-state index is 12.3. The maximum absolute atomic E-state index is 12.3. The highest BCUT2D eigenvalue weighted by Crippen LogP contribution is 2.24. The Hall–Kier alpha value is -1.10. The Morgan fingerprint density at radius 1 is 1.18 bits per heavy atom. The van der Waals surface area contributed by atoms with E-state index in [0.717, 1.165) is 45.1 Å². The van der Waals surface area contributed by atoms with Gasteiger partial charge in [-0.05, 0) is 32.2 Å². The highest BCUT2D eigenvalue weighted by Gasteiger charge is 2.33. The third-order valence-corrected chi connectivity index (χ3v) is 3.73. The summed E-state index contributed by atoms with van der Waals surface area (Å²) in [5.41, 5.74) is 5.24. The molecule has 0 spiro atoms. The molecule has 5 heteroatoms. The fourth-order valence-corrected chi connectivity index (χ4v) is 2.87. The molecule has 1 heterocycles. The van der Waals surface area contributed by atoms with E-state index in [1.807, 2.05) is 0 Å². The van der Waals surface area contributed by atoms with Crippen LogP contribution in [-0.2, 0) is 9.59 Å². The second-order valence-electron chi connectivity index (χ2n) is 5.02. The average Bonchev–Trinajstić information content (AvgIpc) is 2.96. The molecule has 0 aromatic heterocycles. The number of primary amides is 1. The van der Waals surface area contributed by atoms with Gasteiger partial charge in [-0.2, -0.15) is 0 Å². The molecule has 0 radical (unpaired) electrons. The minimum absolute atomic E-state index is 0.0631. The second-order valence-corrected chi connectivity index (χ2v) is 5.02. The van der Waals surface area contributed by atoms with Crippen molar-refractivity contribution in [3.8, 4) is 0 Å². The van der Waals surface area contributed by atoms with Gasteiger partial charge < -0.3 is 16.0 Å². The van der Waals surface area contributed by atoms with Crippen LogP contribution in [0.3, 0.4) is 0 Å². The van der Waals surface area contributed by atoms with E-state index in [-0.39, 0.29) is 24.5 Å². The lowest BCUT2D eigenvalue weighted by molar-refractivity contribution is -0.139. The van der Waals surface area contributed by atoms with Crippen molar-refractivity contribution in [2.24, 2.45) is 5.73 Å². The Bertz CT molecular complexity index is 294. The number of nitrogens with zero attached hydrogens (tertiary/aromatic N) is 1. The highest BCUT2D eigenvalue weighted by molar-refractivity contribution is 5.87. The van der Waals surface area contributed by atoms with Gasteiger partial charge in [-0.25, -0.2) is 0 Å². The quantitative estimate of drug-likeness (QED) is 0.725. The number of carbonyl (C=O) groups excluding carboxylic acids is 2. The van der Waals surface area contributed by atoms with Gasteiger partial charge in [0.05, 0.1) is 12.6 Å². The van der Waals surface area contributed by atoms with Crippen LogP contribution in [0.25, 0.3) is 0 Å². The lowest BCUT2D eigenvalue weighted by Crippen LogP contribution is -2.50. The Balaban J connectivity index is 2.02. The molecule has 96 valence electrons. The molecule has 2 fully saturated rings. The normalized spacial score (nSPS) is 25.1. The molecule has 2 rings (SSSR count). The third-order valence-electron chi connectivity index (χ3n) is 3.73. The standard InChI is InChI=1S/C12H21N3O2/c13-11(16)8-15(9-4-1-2-5-9)12(17)10-6-3-7-14-10/h9-10,14H,1-8H2,(H2,13,16)/t10-/m1/s1. The molecule has 3 N–H and O–H groups in total. The summed E-state index contributed by atoms with van der Waals surface area (Å²) in [6.45, 7) is 0.965. The molecule has 0 aromatic carbocycles. The molecule has 1 atom stereocenters. The van der Waals surface area contributed by atoms with Crippen LogP contribution in [0.1, 0.15) is 38.5 Å². The zero-order chi connectivity index (χ0) is 12.3. The highest BCUT2D eigenvalue weighted by atomic mass is 16.2. The zero-order valence-corrected chi connectivity index (χ0v) is 10.2.